The first-order valence-electron chi connectivity index (χ1n) is 7.49. The summed E-state index contributed by atoms with van der Waals surface area (Å²) in [6.07, 6.45) is 0. The Kier molecular flexibility index (Phi) is 3.90. The zero-order valence-corrected chi connectivity index (χ0v) is 13.0. The molecule has 1 aliphatic rings. The van der Waals surface area contributed by atoms with Gasteiger partial charge in [-0.1, -0.05) is 18.2 Å². The first-order chi connectivity index (χ1) is 10.6. The van der Waals surface area contributed by atoms with E-state index in [-0.39, 0.29) is 11.9 Å². The number of carbonyl (C=O) groups excluding carboxylic acids is 1. The van der Waals surface area contributed by atoms with Gasteiger partial charge in [-0.05, 0) is 30.7 Å². The molecule has 2 heterocycles. The molecule has 0 unspecified atom stereocenters. The van der Waals surface area contributed by atoms with E-state index in [1.807, 2.05) is 17.0 Å². The number of nitrogens with two attached hydrogens (primary N) is 1. The van der Waals surface area contributed by atoms with Gasteiger partial charge in [0.1, 0.15) is 5.76 Å². The fourth-order valence-corrected chi connectivity index (χ4v) is 2.97. The molecule has 0 saturated heterocycles. The number of furan rings is 1. The van der Waals surface area contributed by atoms with Crippen LogP contribution in [-0.4, -0.2) is 30.4 Å². The molecule has 3 rings (SSSR count). The summed E-state index contributed by atoms with van der Waals surface area (Å²) in [4.78, 5) is 16.8. The quantitative estimate of drug-likeness (QED) is 0.923. The Morgan fingerprint density at radius 1 is 1.32 bits per heavy atom. The van der Waals surface area contributed by atoms with Crippen LogP contribution in [0.25, 0.3) is 0 Å². The SMILES string of the molecule is C[C@H]1CN(C)c2ccccc2CN1C(=O)c1ccc(CN)o1. The number of anilines is 1. The van der Waals surface area contributed by atoms with Crippen LogP contribution in [0.15, 0.2) is 40.8 Å². The molecule has 0 bridgehead atoms. The van der Waals surface area contributed by atoms with E-state index in [9.17, 15) is 4.79 Å². The number of benzene rings is 1. The van der Waals surface area contributed by atoms with Crippen LogP contribution in [0.4, 0.5) is 5.69 Å². The lowest BCUT2D eigenvalue weighted by Crippen LogP contribution is -2.41. The summed E-state index contributed by atoms with van der Waals surface area (Å²) >= 11 is 0. The van der Waals surface area contributed by atoms with Crippen molar-refractivity contribution in [3.05, 3.63) is 53.5 Å². The lowest BCUT2D eigenvalue weighted by Gasteiger charge is -2.27. The van der Waals surface area contributed by atoms with Gasteiger partial charge in [-0.2, -0.15) is 0 Å². The van der Waals surface area contributed by atoms with E-state index in [2.05, 4.69) is 31.0 Å². The van der Waals surface area contributed by atoms with Crippen molar-refractivity contribution in [1.82, 2.24) is 4.90 Å². The molecule has 2 aromatic rings. The second-order valence-electron chi connectivity index (χ2n) is 5.76. The minimum absolute atomic E-state index is 0.0858. The number of likely N-dealkylation sites (N-methyl/N-ethyl adjacent to an activating group) is 1. The molecule has 0 aliphatic carbocycles. The van der Waals surface area contributed by atoms with Gasteiger partial charge in [0, 0.05) is 31.9 Å². The highest BCUT2D eigenvalue weighted by molar-refractivity contribution is 5.92. The van der Waals surface area contributed by atoms with Gasteiger partial charge in [0.25, 0.3) is 5.91 Å². The summed E-state index contributed by atoms with van der Waals surface area (Å²) in [7, 11) is 2.06. The largest absolute Gasteiger partial charge is 0.455 e. The van der Waals surface area contributed by atoms with E-state index in [1.165, 1.54) is 5.69 Å². The van der Waals surface area contributed by atoms with Crippen LogP contribution in [0.3, 0.4) is 0 Å². The number of nitrogens with zero attached hydrogens (tertiary/aromatic N) is 2. The molecule has 5 heteroatoms. The third-order valence-corrected chi connectivity index (χ3v) is 4.15. The van der Waals surface area contributed by atoms with Crippen LogP contribution in [0, 0.1) is 0 Å². The number of rotatable bonds is 2. The van der Waals surface area contributed by atoms with Crippen molar-refractivity contribution >= 4 is 11.6 Å². The predicted octanol–water partition coefficient (Wildman–Crippen LogP) is 2.22. The molecule has 1 amide bonds. The minimum atomic E-state index is -0.0858. The first kappa shape index (κ1) is 14.7. The third kappa shape index (κ3) is 2.60. The fourth-order valence-electron chi connectivity index (χ4n) is 2.97. The molecule has 116 valence electrons. The Bertz CT molecular complexity index is 680. The number of para-hydroxylation sites is 1. The monoisotopic (exact) mass is 299 g/mol. The second kappa shape index (κ2) is 5.85. The van der Waals surface area contributed by atoms with Crippen LogP contribution in [-0.2, 0) is 13.1 Å². The highest BCUT2D eigenvalue weighted by Crippen LogP contribution is 2.27. The Morgan fingerprint density at radius 3 is 2.82 bits per heavy atom. The third-order valence-electron chi connectivity index (χ3n) is 4.15. The number of carbonyl (C=O) groups is 1. The summed E-state index contributed by atoms with van der Waals surface area (Å²) in [6.45, 7) is 3.73. The maximum atomic E-state index is 12.8. The van der Waals surface area contributed by atoms with Gasteiger partial charge in [0.2, 0.25) is 0 Å². The van der Waals surface area contributed by atoms with Crippen LogP contribution < -0.4 is 10.6 Å². The Balaban J connectivity index is 1.91. The number of fused-ring (bicyclic) bond motifs is 1. The molecule has 1 aromatic carbocycles. The number of hydrogen-bond donors (Lipinski definition) is 1. The van der Waals surface area contributed by atoms with E-state index in [1.54, 1.807) is 12.1 Å². The van der Waals surface area contributed by atoms with E-state index in [0.717, 1.165) is 12.1 Å². The topological polar surface area (TPSA) is 62.7 Å². The highest BCUT2D eigenvalue weighted by atomic mass is 16.4. The molecule has 1 aliphatic heterocycles. The molecule has 1 aromatic heterocycles. The number of hydrogen-bond acceptors (Lipinski definition) is 4. The molecule has 0 radical (unpaired) electrons. The van der Waals surface area contributed by atoms with Gasteiger partial charge < -0.3 is 20.0 Å². The first-order valence-corrected chi connectivity index (χ1v) is 7.49. The summed E-state index contributed by atoms with van der Waals surface area (Å²) in [5, 5.41) is 0. The summed E-state index contributed by atoms with van der Waals surface area (Å²) in [5.41, 5.74) is 7.87. The van der Waals surface area contributed by atoms with Gasteiger partial charge in [-0.25, -0.2) is 0 Å². The van der Waals surface area contributed by atoms with Crippen molar-refractivity contribution in [2.24, 2.45) is 5.73 Å². The Labute approximate surface area is 130 Å². The molecule has 2 N–H and O–H groups in total. The van der Waals surface area contributed by atoms with Crippen molar-refractivity contribution in [2.45, 2.75) is 26.1 Å². The van der Waals surface area contributed by atoms with Crippen molar-refractivity contribution in [1.29, 1.82) is 0 Å². The average Bonchev–Trinajstić information content (AvgIpc) is 2.96. The zero-order valence-electron chi connectivity index (χ0n) is 13.0. The van der Waals surface area contributed by atoms with Crippen molar-refractivity contribution in [3.63, 3.8) is 0 Å². The van der Waals surface area contributed by atoms with E-state index >= 15 is 0 Å². The smallest absolute Gasteiger partial charge is 0.290 e. The second-order valence-corrected chi connectivity index (χ2v) is 5.76. The Morgan fingerprint density at radius 2 is 2.09 bits per heavy atom. The normalized spacial score (nSPS) is 18.0. The predicted molar refractivity (Wildman–Crippen MR) is 85.6 cm³/mol. The van der Waals surface area contributed by atoms with Gasteiger partial charge in [0.05, 0.1) is 6.54 Å². The van der Waals surface area contributed by atoms with Crippen LogP contribution in [0.1, 0.15) is 28.8 Å². The molecule has 0 spiro atoms. The maximum absolute atomic E-state index is 12.8. The lowest BCUT2D eigenvalue weighted by molar-refractivity contribution is 0.0652. The highest BCUT2D eigenvalue weighted by Gasteiger charge is 2.29. The molecule has 0 fully saturated rings. The van der Waals surface area contributed by atoms with Crippen LogP contribution in [0.2, 0.25) is 0 Å². The van der Waals surface area contributed by atoms with Gasteiger partial charge >= 0.3 is 0 Å². The standard InChI is InChI=1S/C17H21N3O2/c1-12-10-19(2)15-6-4-3-5-13(15)11-20(12)17(21)16-8-7-14(9-18)22-16/h3-8,12H,9-11,18H2,1-2H3/t12-/m0/s1. The summed E-state index contributed by atoms with van der Waals surface area (Å²) < 4.78 is 5.52. The molecule has 22 heavy (non-hydrogen) atoms. The summed E-state index contributed by atoms with van der Waals surface area (Å²) in [6, 6.07) is 11.7. The van der Waals surface area contributed by atoms with E-state index < -0.39 is 0 Å². The fraction of sp³-hybridized carbons (Fsp3) is 0.353. The Hall–Kier alpha value is -2.27. The molecule has 0 saturated carbocycles. The molecule has 1 atom stereocenters. The van der Waals surface area contributed by atoms with E-state index in [4.69, 9.17) is 10.2 Å². The zero-order chi connectivity index (χ0) is 15.7. The van der Waals surface area contributed by atoms with Crippen molar-refractivity contribution in [2.75, 3.05) is 18.5 Å². The molecular weight excluding hydrogens is 278 g/mol. The van der Waals surface area contributed by atoms with Gasteiger partial charge in [0.15, 0.2) is 5.76 Å². The summed E-state index contributed by atoms with van der Waals surface area (Å²) in [5.74, 6) is 0.898. The minimum Gasteiger partial charge on any atom is -0.455 e. The van der Waals surface area contributed by atoms with Gasteiger partial charge in [-0.3, -0.25) is 4.79 Å². The maximum Gasteiger partial charge on any atom is 0.290 e. The van der Waals surface area contributed by atoms with Crippen LogP contribution >= 0.6 is 0 Å². The van der Waals surface area contributed by atoms with Crippen LogP contribution in [0.5, 0.6) is 0 Å². The molecular formula is C17H21N3O2. The molecule has 5 nitrogen and oxygen atoms in total. The van der Waals surface area contributed by atoms with E-state index in [0.29, 0.717) is 24.6 Å². The van der Waals surface area contributed by atoms with Gasteiger partial charge in [-0.15, -0.1) is 0 Å². The average molecular weight is 299 g/mol. The number of amides is 1. The van der Waals surface area contributed by atoms with Crippen molar-refractivity contribution in [3.8, 4) is 0 Å². The lowest BCUT2D eigenvalue weighted by atomic mass is 10.1. The van der Waals surface area contributed by atoms with Crippen molar-refractivity contribution < 1.29 is 9.21 Å².